The summed E-state index contributed by atoms with van der Waals surface area (Å²) in [4.78, 5) is 23.6. The Morgan fingerprint density at radius 1 is 1.62 bits per heavy atom. The molecule has 0 amide bonds. The molecule has 1 aromatic rings. The van der Waals surface area contributed by atoms with E-state index >= 15 is 0 Å². The van der Waals surface area contributed by atoms with E-state index < -0.39 is 17.1 Å². The molecule has 0 aliphatic carbocycles. The van der Waals surface area contributed by atoms with Crippen LogP contribution in [0.2, 0.25) is 0 Å². The van der Waals surface area contributed by atoms with E-state index in [4.69, 9.17) is 10.2 Å². The van der Waals surface area contributed by atoms with Crippen molar-refractivity contribution in [2.75, 3.05) is 7.11 Å². The highest BCUT2D eigenvalue weighted by molar-refractivity contribution is 5.85. The SMILES string of the molecule is COc1[nH]c(C(=O)O)cc(=O)c1O. The van der Waals surface area contributed by atoms with Crippen molar-refractivity contribution in [2.24, 2.45) is 0 Å². The Morgan fingerprint density at radius 2 is 2.23 bits per heavy atom. The van der Waals surface area contributed by atoms with Gasteiger partial charge in [-0.3, -0.25) is 4.79 Å². The van der Waals surface area contributed by atoms with Gasteiger partial charge >= 0.3 is 5.97 Å². The Morgan fingerprint density at radius 3 is 2.69 bits per heavy atom. The Kier molecular flexibility index (Phi) is 2.23. The third-order valence-corrected chi connectivity index (χ3v) is 1.41. The number of hydrogen-bond acceptors (Lipinski definition) is 4. The summed E-state index contributed by atoms with van der Waals surface area (Å²) in [5.41, 5.74) is -1.13. The zero-order valence-corrected chi connectivity index (χ0v) is 6.70. The number of carbonyl (C=O) groups is 1. The molecule has 0 saturated carbocycles. The second-order valence-electron chi connectivity index (χ2n) is 2.23. The fourth-order valence-corrected chi connectivity index (χ4v) is 0.792. The predicted molar refractivity (Wildman–Crippen MR) is 42.2 cm³/mol. The van der Waals surface area contributed by atoms with Crippen molar-refractivity contribution in [1.29, 1.82) is 0 Å². The number of pyridine rings is 1. The average Bonchev–Trinajstić information content (AvgIpc) is 2.09. The maximum atomic E-state index is 10.9. The Labute approximate surface area is 72.4 Å². The number of aromatic nitrogens is 1. The molecule has 70 valence electrons. The lowest BCUT2D eigenvalue weighted by molar-refractivity contribution is 0.0689. The lowest BCUT2D eigenvalue weighted by Gasteiger charge is -2.02. The highest BCUT2D eigenvalue weighted by Crippen LogP contribution is 2.17. The molecule has 0 aliphatic rings. The van der Waals surface area contributed by atoms with Crippen molar-refractivity contribution in [2.45, 2.75) is 0 Å². The number of ether oxygens (including phenoxy) is 1. The van der Waals surface area contributed by atoms with Crippen LogP contribution in [0, 0.1) is 0 Å². The zero-order valence-electron chi connectivity index (χ0n) is 6.70. The first kappa shape index (κ1) is 9.11. The van der Waals surface area contributed by atoms with E-state index in [-0.39, 0.29) is 11.6 Å². The van der Waals surface area contributed by atoms with Gasteiger partial charge in [0.15, 0.2) is 0 Å². The number of nitrogens with one attached hydrogen (secondary N) is 1. The lowest BCUT2D eigenvalue weighted by Crippen LogP contribution is -2.10. The van der Waals surface area contributed by atoms with E-state index in [0.29, 0.717) is 0 Å². The van der Waals surface area contributed by atoms with Crippen LogP contribution in [0.15, 0.2) is 10.9 Å². The molecule has 0 spiro atoms. The predicted octanol–water partition coefficient (Wildman–Crippen LogP) is -0.213. The minimum atomic E-state index is -1.30. The van der Waals surface area contributed by atoms with Gasteiger partial charge in [-0.2, -0.15) is 0 Å². The van der Waals surface area contributed by atoms with Crippen LogP contribution in [0.25, 0.3) is 0 Å². The van der Waals surface area contributed by atoms with Gasteiger partial charge in [0.05, 0.1) is 7.11 Å². The van der Waals surface area contributed by atoms with Crippen molar-refractivity contribution in [3.63, 3.8) is 0 Å². The lowest BCUT2D eigenvalue weighted by atomic mass is 10.3. The molecule has 0 saturated heterocycles. The standard InChI is InChI=1S/C7H7NO5/c1-13-6-5(10)4(9)2-3(8-6)7(11)12/h2,10H,1H3,(H,8,9)(H,11,12). The summed E-state index contributed by atoms with van der Waals surface area (Å²) in [6, 6.07) is 0.778. The largest absolute Gasteiger partial charge is 0.500 e. The summed E-state index contributed by atoms with van der Waals surface area (Å²) >= 11 is 0. The summed E-state index contributed by atoms with van der Waals surface area (Å²) in [5, 5.41) is 17.6. The van der Waals surface area contributed by atoms with Crippen LogP contribution in [0.3, 0.4) is 0 Å². The van der Waals surface area contributed by atoms with Gasteiger partial charge < -0.3 is 19.9 Å². The van der Waals surface area contributed by atoms with Gasteiger partial charge in [-0.1, -0.05) is 0 Å². The number of carboxylic acid groups (broad SMARTS) is 1. The van der Waals surface area contributed by atoms with Gasteiger partial charge in [-0.05, 0) is 0 Å². The number of methoxy groups -OCH3 is 1. The monoisotopic (exact) mass is 185 g/mol. The maximum absolute atomic E-state index is 10.9. The first-order chi connectivity index (χ1) is 6.06. The molecule has 1 rings (SSSR count). The van der Waals surface area contributed by atoms with Gasteiger partial charge in [-0.25, -0.2) is 4.79 Å². The van der Waals surface area contributed by atoms with E-state index in [1.165, 1.54) is 7.11 Å². The van der Waals surface area contributed by atoms with Gasteiger partial charge in [0.25, 0.3) is 0 Å². The van der Waals surface area contributed by atoms with Crippen LogP contribution in [0.4, 0.5) is 0 Å². The molecule has 13 heavy (non-hydrogen) atoms. The first-order valence-corrected chi connectivity index (χ1v) is 3.30. The highest BCUT2D eigenvalue weighted by atomic mass is 16.5. The van der Waals surface area contributed by atoms with Gasteiger partial charge in [0.2, 0.25) is 17.1 Å². The number of aromatic hydroxyl groups is 1. The van der Waals surface area contributed by atoms with Crippen LogP contribution in [0.5, 0.6) is 11.6 Å². The summed E-state index contributed by atoms with van der Waals surface area (Å²) in [5.74, 6) is -2.19. The van der Waals surface area contributed by atoms with E-state index in [2.05, 4.69) is 9.72 Å². The number of aromatic carboxylic acids is 1. The summed E-state index contributed by atoms with van der Waals surface area (Å²) in [6.45, 7) is 0. The van der Waals surface area contributed by atoms with Crippen LogP contribution in [-0.4, -0.2) is 28.3 Å². The molecular weight excluding hydrogens is 178 g/mol. The summed E-state index contributed by atoms with van der Waals surface area (Å²) in [6.07, 6.45) is 0. The van der Waals surface area contributed by atoms with Gasteiger partial charge in [0, 0.05) is 6.07 Å². The van der Waals surface area contributed by atoms with Crippen molar-refractivity contribution in [3.8, 4) is 11.6 Å². The molecule has 6 heteroatoms. The smallest absolute Gasteiger partial charge is 0.352 e. The van der Waals surface area contributed by atoms with Gasteiger partial charge in [-0.15, -0.1) is 0 Å². The number of H-pyrrole nitrogens is 1. The van der Waals surface area contributed by atoms with Crippen molar-refractivity contribution in [3.05, 3.63) is 22.0 Å². The zero-order chi connectivity index (χ0) is 10.0. The van der Waals surface area contributed by atoms with E-state index in [9.17, 15) is 9.59 Å². The normalized spacial score (nSPS) is 9.62. The molecular formula is C7H7NO5. The molecule has 0 fully saturated rings. The molecule has 3 N–H and O–H groups in total. The Bertz CT molecular complexity index is 394. The molecule has 0 bridgehead atoms. The van der Waals surface area contributed by atoms with Gasteiger partial charge in [0.1, 0.15) is 5.69 Å². The minimum absolute atomic E-state index is 0.259. The molecule has 0 atom stereocenters. The topological polar surface area (TPSA) is 99.6 Å². The molecule has 6 nitrogen and oxygen atoms in total. The maximum Gasteiger partial charge on any atom is 0.352 e. The molecule has 0 aliphatic heterocycles. The summed E-state index contributed by atoms with van der Waals surface area (Å²) in [7, 11) is 1.20. The van der Waals surface area contributed by atoms with Crippen LogP contribution in [-0.2, 0) is 0 Å². The van der Waals surface area contributed by atoms with E-state index in [1.54, 1.807) is 0 Å². The van der Waals surface area contributed by atoms with Crippen molar-refractivity contribution < 1.29 is 19.7 Å². The molecule has 0 unspecified atom stereocenters. The van der Waals surface area contributed by atoms with Crippen molar-refractivity contribution in [1.82, 2.24) is 4.98 Å². The number of rotatable bonds is 2. The quantitative estimate of drug-likeness (QED) is 0.591. The van der Waals surface area contributed by atoms with Crippen molar-refractivity contribution >= 4 is 5.97 Å². The second-order valence-corrected chi connectivity index (χ2v) is 2.23. The second kappa shape index (κ2) is 3.18. The minimum Gasteiger partial charge on any atom is -0.500 e. The first-order valence-electron chi connectivity index (χ1n) is 3.30. The number of carboxylic acids is 1. The molecule has 0 aromatic carbocycles. The number of hydrogen-bond donors (Lipinski definition) is 3. The third-order valence-electron chi connectivity index (χ3n) is 1.41. The Balaban J connectivity index is 3.39. The highest BCUT2D eigenvalue weighted by Gasteiger charge is 2.12. The van der Waals surface area contributed by atoms with E-state index in [0.717, 1.165) is 6.07 Å². The van der Waals surface area contributed by atoms with Crippen LogP contribution in [0.1, 0.15) is 10.5 Å². The Hall–Kier alpha value is -1.98. The van der Waals surface area contributed by atoms with Crippen LogP contribution < -0.4 is 10.2 Å². The summed E-state index contributed by atoms with van der Waals surface area (Å²) < 4.78 is 4.55. The molecule has 0 radical (unpaired) electrons. The fraction of sp³-hybridized carbons (Fsp3) is 0.143. The molecule has 1 aromatic heterocycles. The fourth-order valence-electron chi connectivity index (χ4n) is 0.792. The average molecular weight is 185 g/mol. The molecule has 1 heterocycles. The van der Waals surface area contributed by atoms with E-state index in [1.807, 2.05) is 0 Å². The number of aromatic amines is 1. The third kappa shape index (κ3) is 1.61. The van der Waals surface area contributed by atoms with Crippen LogP contribution >= 0.6 is 0 Å².